The van der Waals surface area contributed by atoms with Gasteiger partial charge in [-0.05, 0) is 29.7 Å². The third-order valence-electron chi connectivity index (χ3n) is 3.87. The number of aliphatic hydroxyl groups is 1. The lowest BCUT2D eigenvalue weighted by atomic mass is 10.1. The van der Waals surface area contributed by atoms with Crippen LogP contribution in [0.2, 0.25) is 0 Å². The number of pyridine rings is 1. The molecule has 6 nitrogen and oxygen atoms in total. The molecule has 0 saturated carbocycles. The second-order valence-electron chi connectivity index (χ2n) is 6.20. The van der Waals surface area contributed by atoms with Crippen LogP contribution in [0.1, 0.15) is 30.4 Å². The Labute approximate surface area is 142 Å². The lowest BCUT2D eigenvalue weighted by Crippen LogP contribution is -2.38. The fraction of sp³-hybridized carbons (Fsp3) is 0.353. The highest BCUT2D eigenvalue weighted by Crippen LogP contribution is 2.31. The lowest BCUT2D eigenvalue weighted by Gasteiger charge is -2.11. The summed E-state index contributed by atoms with van der Waals surface area (Å²) in [4.78, 5) is 30.1. The number of rotatable bonds is 4. The Balaban J connectivity index is 2.22. The van der Waals surface area contributed by atoms with Gasteiger partial charge >= 0.3 is 5.69 Å². The second-order valence-corrected chi connectivity index (χ2v) is 7.26. The topological polar surface area (TPSA) is 77.1 Å². The largest absolute Gasteiger partial charge is 0.383 e. The molecule has 0 radical (unpaired) electrons. The summed E-state index contributed by atoms with van der Waals surface area (Å²) in [7, 11) is 1.48. The maximum atomic E-state index is 12.4. The van der Waals surface area contributed by atoms with Crippen LogP contribution >= 0.6 is 11.3 Å². The van der Waals surface area contributed by atoms with Gasteiger partial charge in [0.15, 0.2) is 0 Å². The molecule has 0 fully saturated rings. The highest BCUT2D eigenvalue weighted by Gasteiger charge is 2.19. The molecule has 0 bridgehead atoms. The minimum Gasteiger partial charge on any atom is -0.383 e. The molecule has 3 aromatic heterocycles. The average Bonchev–Trinajstić information content (AvgIpc) is 3.02. The molecular formula is C17H19N3O3S. The standard InChI is InChI=1S/C17H19N3O3S/c1-10(2)9-20-16-12(15(22)19(3)17(20)23)8-13(24-16)14(21)11-4-6-18-7-5-11/h4-8,10,14,21H,9H2,1-3H3. The van der Waals surface area contributed by atoms with Crippen LogP contribution in [-0.4, -0.2) is 19.2 Å². The first-order valence-corrected chi connectivity index (χ1v) is 8.53. The van der Waals surface area contributed by atoms with Crippen LogP contribution in [0.25, 0.3) is 10.2 Å². The van der Waals surface area contributed by atoms with Crippen LogP contribution in [0.4, 0.5) is 0 Å². The lowest BCUT2D eigenvalue weighted by molar-refractivity contribution is 0.224. The zero-order valence-electron chi connectivity index (χ0n) is 13.8. The monoisotopic (exact) mass is 345 g/mol. The highest BCUT2D eigenvalue weighted by molar-refractivity contribution is 7.18. The van der Waals surface area contributed by atoms with Crippen molar-refractivity contribution in [2.75, 3.05) is 0 Å². The van der Waals surface area contributed by atoms with Crippen LogP contribution in [0, 0.1) is 5.92 Å². The summed E-state index contributed by atoms with van der Waals surface area (Å²) in [6, 6.07) is 5.15. The summed E-state index contributed by atoms with van der Waals surface area (Å²) in [5.41, 5.74) is 0.0403. The zero-order valence-corrected chi connectivity index (χ0v) is 14.6. The molecule has 3 heterocycles. The van der Waals surface area contributed by atoms with Crippen molar-refractivity contribution in [2.24, 2.45) is 13.0 Å². The number of fused-ring (bicyclic) bond motifs is 1. The van der Waals surface area contributed by atoms with Crippen molar-refractivity contribution >= 4 is 21.6 Å². The Morgan fingerprint density at radius 3 is 2.54 bits per heavy atom. The quantitative estimate of drug-likeness (QED) is 0.783. The maximum absolute atomic E-state index is 12.4. The molecule has 0 spiro atoms. The third-order valence-corrected chi connectivity index (χ3v) is 5.08. The van der Waals surface area contributed by atoms with Gasteiger partial charge in [-0.15, -0.1) is 11.3 Å². The van der Waals surface area contributed by atoms with E-state index in [1.54, 1.807) is 35.2 Å². The molecule has 0 amide bonds. The third kappa shape index (κ3) is 2.81. The van der Waals surface area contributed by atoms with E-state index in [-0.39, 0.29) is 17.2 Å². The smallest absolute Gasteiger partial charge is 0.331 e. The van der Waals surface area contributed by atoms with Crippen molar-refractivity contribution in [3.63, 3.8) is 0 Å². The van der Waals surface area contributed by atoms with Crippen molar-refractivity contribution in [1.82, 2.24) is 14.1 Å². The van der Waals surface area contributed by atoms with Crippen molar-refractivity contribution in [3.8, 4) is 0 Å². The van der Waals surface area contributed by atoms with Crippen LogP contribution in [0.5, 0.6) is 0 Å². The first kappa shape index (κ1) is 16.6. The summed E-state index contributed by atoms with van der Waals surface area (Å²) in [6.07, 6.45) is 2.37. The van der Waals surface area contributed by atoms with Crippen molar-refractivity contribution in [1.29, 1.82) is 0 Å². The van der Waals surface area contributed by atoms with E-state index in [2.05, 4.69) is 4.98 Å². The minimum absolute atomic E-state index is 0.263. The van der Waals surface area contributed by atoms with Gasteiger partial charge in [-0.1, -0.05) is 13.8 Å². The van der Waals surface area contributed by atoms with Crippen LogP contribution in [0.15, 0.2) is 40.2 Å². The van der Waals surface area contributed by atoms with E-state index in [0.29, 0.717) is 27.2 Å². The molecule has 0 aliphatic heterocycles. The molecule has 0 aromatic carbocycles. The van der Waals surface area contributed by atoms with Gasteiger partial charge in [0.25, 0.3) is 5.56 Å². The van der Waals surface area contributed by atoms with Gasteiger partial charge in [-0.2, -0.15) is 0 Å². The molecule has 0 aliphatic carbocycles. The average molecular weight is 345 g/mol. The van der Waals surface area contributed by atoms with E-state index >= 15 is 0 Å². The first-order chi connectivity index (χ1) is 11.4. The Morgan fingerprint density at radius 1 is 1.25 bits per heavy atom. The summed E-state index contributed by atoms with van der Waals surface area (Å²) in [6.45, 7) is 4.56. The molecule has 3 aromatic rings. The van der Waals surface area contributed by atoms with E-state index in [9.17, 15) is 14.7 Å². The Hall–Kier alpha value is -2.25. The van der Waals surface area contributed by atoms with E-state index in [1.807, 2.05) is 13.8 Å². The molecular weight excluding hydrogens is 326 g/mol. The number of aliphatic hydroxyl groups excluding tert-OH is 1. The Bertz CT molecular complexity index is 986. The summed E-state index contributed by atoms with van der Waals surface area (Å²) >= 11 is 1.29. The van der Waals surface area contributed by atoms with Crippen LogP contribution in [-0.2, 0) is 13.6 Å². The summed E-state index contributed by atoms with van der Waals surface area (Å²) in [5, 5.41) is 11.0. The van der Waals surface area contributed by atoms with E-state index < -0.39 is 6.10 Å². The van der Waals surface area contributed by atoms with E-state index in [0.717, 1.165) is 4.57 Å². The summed E-state index contributed by atoms with van der Waals surface area (Å²) < 4.78 is 2.74. The Morgan fingerprint density at radius 2 is 1.92 bits per heavy atom. The van der Waals surface area contributed by atoms with Gasteiger partial charge < -0.3 is 5.11 Å². The van der Waals surface area contributed by atoms with Crippen molar-refractivity contribution < 1.29 is 5.11 Å². The van der Waals surface area contributed by atoms with Crippen LogP contribution < -0.4 is 11.2 Å². The molecule has 1 unspecified atom stereocenters. The Kier molecular flexibility index (Phi) is 4.38. The van der Waals surface area contributed by atoms with E-state index in [1.165, 1.54) is 18.4 Å². The van der Waals surface area contributed by atoms with Gasteiger partial charge in [-0.3, -0.25) is 18.9 Å². The van der Waals surface area contributed by atoms with Gasteiger partial charge in [0.05, 0.1) is 5.39 Å². The normalized spacial score (nSPS) is 12.9. The van der Waals surface area contributed by atoms with Crippen molar-refractivity contribution in [2.45, 2.75) is 26.5 Å². The summed E-state index contributed by atoms with van der Waals surface area (Å²) in [5.74, 6) is 0.263. The number of hydrogen-bond acceptors (Lipinski definition) is 5. The van der Waals surface area contributed by atoms with Gasteiger partial charge in [0.2, 0.25) is 0 Å². The van der Waals surface area contributed by atoms with Gasteiger partial charge in [0.1, 0.15) is 10.9 Å². The molecule has 1 N–H and O–H groups in total. The van der Waals surface area contributed by atoms with Gasteiger partial charge in [-0.25, -0.2) is 4.79 Å². The fourth-order valence-electron chi connectivity index (χ4n) is 2.66. The molecule has 0 saturated heterocycles. The molecule has 3 rings (SSSR count). The number of thiophene rings is 1. The molecule has 7 heteroatoms. The van der Waals surface area contributed by atoms with Crippen LogP contribution in [0.3, 0.4) is 0 Å². The number of hydrogen-bond donors (Lipinski definition) is 1. The van der Waals surface area contributed by atoms with Gasteiger partial charge in [0, 0.05) is 30.9 Å². The first-order valence-electron chi connectivity index (χ1n) is 7.71. The zero-order chi connectivity index (χ0) is 17.4. The minimum atomic E-state index is -0.849. The second kappa shape index (κ2) is 6.33. The highest BCUT2D eigenvalue weighted by atomic mass is 32.1. The number of aromatic nitrogens is 3. The maximum Gasteiger partial charge on any atom is 0.331 e. The molecule has 24 heavy (non-hydrogen) atoms. The predicted molar refractivity (Wildman–Crippen MR) is 94.5 cm³/mol. The predicted octanol–water partition coefficient (Wildman–Crippen LogP) is 1.89. The molecule has 1 atom stereocenters. The number of nitrogens with zero attached hydrogens (tertiary/aromatic N) is 3. The van der Waals surface area contributed by atoms with E-state index in [4.69, 9.17) is 0 Å². The molecule has 0 aliphatic rings. The van der Waals surface area contributed by atoms with Crippen molar-refractivity contribution in [3.05, 3.63) is 61.9 Å². The SMILES string of the molecule is CC(C)Cn1c(=O)n(C)c(=O)c2cc(C(O)c3ccncc3)sc21. The fourth-order valence-corrected chi connectivity index (χ4v) is 3.83. The molecule has 126 valence electrons.